The molecule has 162 valence electrons. The van der Waals surface area contributed by atoms with Crippen molar-refractivity contribution >= 4 is 34.1 Å². The third-order valence-corrected chi connectivity index (χ3v) is 8.39. The molecule has 7 nitrogen and oxygen atoms in total. The Bertz CT molecular complexity index is 875. The van der Waals surface area contributed by atoms with Crippen LogP contribution in [0.4, 0.5) is 5.00 Å². The molecule has 30 heavy (non-hydrogen) atoms. The van der Waals surface area contributed by atoms with E-state index in [-0.39, 0.29) is 30.1 Å². The maximum absolute atomic E-state index is 13.2. The third kappa shape index (κ3) is 3.43. The van der Waals surface area contributed by atoms with E-state index in [0.29, 0.717) is 23.4 Å². The predicted molar refractivity (Wildman–Crippen MR) is 112 cm³/mol. The van der Waals surface area contributed by atoms with Gasteiger partial charge in [0, 0.05) is 10.9 Å². The minimum absolute atomic E-state index is 0.101. The highest BCUT2D eigenvalue weighted by molar-refractivity contribution is 7.17. The maximum atomic E-state index is 13.2. The molecule has 2 aliphatic heterocycles. The first kappa shape index (κ1) is 20.0. The first-order valence-electron chi connectivity index (χ1n) is 11.2. The van der Waals surface area contributed by atoms with E-state index in [1.54, 1.807) is 0 Å². The number of nitrogens with one attached hydrogen (secondary N) is 2. The second kappa shape index (κ2) is 7.96. The molecule has 3 heterocycles. The van der Waals surface area contributed by atoms with E-state index in [9.17, 15) is 19.5 Å². The molecule has 2 bridgehead atoms. The molecule has 1 aromatic rings. The van der Waals surface area contributed by atoms with Crippen LogP contribution in [-0.2, 0) is 27.2 Å². The third-order valence-electron chi connectivity index (χ3n) is 7.19. The molecule has 5 rings (SSSR count). The number of hydrogen-bond donors (Lipinski definition) is 3. The molecule has 4 atom stereocenters. The number of carbonyl (C=O) groups excluding carboxylic acids is 2. The normalized spacial score (nSPS) is 30.3. The molecule has 1 saturated carbocycles. The number of amides is 2. The molecule has 0 spiro atoms. The van der Waals surface area contributed by atoms with Crippen LogP contribution in [0.25, 0.3) is 0 Å². The van der Waals surface area contributed by atoms with Gasteiger partial charge in [-0.15, -0.1) is 11.3 Å². The Kier molecular flexibility index (Phi) is 5.31. The van der Waals surface area contributed by atoms with Gasteiger partial charge >= 0.3 is 5.97 Å². The molecular formula is C22H28N2O5S. The number of carboxylic acids is 1. The van der Waals surface area contributed by atoms with Gasteiger partial charge in [0.05, 0.1) is 29.6 Å². The molecule has 3 N–H and O–H groups in total. The zero-order valence-electron chi connectivity index (χ0n) is 16.9. The van der Waals surface area contributed by atoms with Crippen molar-refractivity contribution in [2.45, 2.75) is 82.5 Å². The minimum atomic E-state index is -0.980. The Balaban J connectivity index is 1.37. The number of aliphatic carboxylic acids is 1. The Labute approximate surface area is 179 Å². The highest BCUT2D eigenvalue weighted by Crippen LogP contribution is 2.45. The zero-order chi connectivity index (χ0) is 20.8. The number of carbonyl (C=O) groups is 3. The Morgan fingerprint density at radius 3 is 2.40 bits per heavy atom. The second-order valence-electron chi connectivity index (χ2n) is 9.04. The summed E-state index contributed by atoms with van der Waals surface area (Å²) in [6, 6.07) is 0.196. The lowest BCUT2D eigenvalue weighted by molar-refractivity contribution is -0.147. The quantitative estimate of drug-likeness (QED) is 0.663. The number of ether oxygens (including phenoxy) is 1. The van der Waals surface area contributed by atoms with E-state index in [1.807, 2.05) is 0 Å². The summed E-state index contributed by atoms with van der Waals surface area (Å²) in [5, 5.41) is 16.3. The number of anilines is 1. The molecule has 2 aliphatic carbocycles. The summed E-state index contributed by atoms with van der Waals surface area (Å²) < 4.78 is 5.74. The SMILES string of the molecule is O=C(NC1CCCCC1)c1c(NC(=O)[C@H]2[C@@H](C(=O)O)[C@@H]3CC[C@H]2O3)sc2c1CCC2. The topological polar surface area (TPSA) is 105 Å². The van der Waals surface area contributed by atoms with E-state index in [1.165, 1.54) is 17.8 Å². The number of fused-ring (bicyclic) bond motifs is 3. The van der Waals surface area contributed by atoms with Gasteiger partial charge in [0.2, 0.25) is 5.91 Å². The second-order valence-corrected chi connectivity index (χ2v) is 10.1. The van der Waals surface area contributed by atoms with Crippen LogP contribution in [0.15, 0.2) is 0 Å². The van der Waals surface area contributed by atoms with Crippen LogP contribution < -0.4 is 10.6 Å². The highest BCUT2D eigenvalue weighted by Gasteiger charge is 2.55. The first-order chi connectivity index (χ1) is 14.5. The maximum Gasteiger partial charge on any atom is 0.310 e. The predicted octanol–water partition coefficient (Wildman–Crippen LogP) is 3.12. The molecule has 4 aliphatic rings. The fourth-order valence-electron chi connectivity index (χ4n) is 5.76. The Morgan fingerprint density at radius 1 is 0.933 bits per heavy atom. The van der Waals surface area contributed by atoms with E-state index in [4.69, 9.17) is 4.74 Å². The fraction of sp³-hybridized carbons (Fsp3) is 0.682. The van der Waals surface area contributed by atoms with Crippen LogP contribution in [-0.4, -0.2) is 41.1 Å². The van der Waals surface area contributed by atoms with Gasteiger partial charge in [0.1, 0.15) is 5.00 Å². The molecular weight excluding hydrogens is 404 g/mol. The standard InChI is InChI=1S/C22H28N2O5S/c25-19(23-11-5-2-1-3-6-11)16-12-7-4-8-15(12)30-21(16)24-20(26)17-13-9-10-14(29-13)18(17)22(27)28/h11,13-14,17-18H,1-10H2,(H,23,25)(H,24,26)(H,27,28)/t13-,14+,17-,18+/m1/s1. The lowest BCUT2D eigenvalue weighted by Crippen LogP contribution is -2.41. The average molecular weight is 433 g/mol. The fourth-order valence-corrected chi connectivity index (χ4v) is 7.05. The van der Waals surface area contributed by atoms with Crippen molar-refractivity contribution in [3.8, 4) is 0 Å². The molecule has 0 aromatic carbocycles. The van der Waals surface area contributed by atoms with Crippen molar-refractivity contribution in [3.63, 3.8) is 0 Å². The lowest BCUT2D eigenvalue weighted by atomic mass is 9.79. The minimum Gasteiger partial charge on any atom is -0.481 e. The molecule has 1 aromatic heterocycles. The van der Waals surface area contributed by atoms with Crippen molar-refractivity contribution in [2.75, 3.05) is 5.32 Å². The van der Waals surface area contributed by atoms with Crippen LogP contribution in [0, 0.1) is 11.8 Å². The van der Waals surface area contributed by atoms with Crippen LogP contribution in [0.1, 0.15) is 72.2 Å². The summed E-state index contributed by atoms with van der Waals surface area (Å²) in [6.45, 7) is 0. The summed E-state index contributed by atoms with van der Waals surface area (Å²) in [5.74, 6) is -2.93. The molecule has 2 saturated heterocycles. The van der Waals surface area contributed by atoms with Gasteiger partial charge in [0.15, 0.2) is 0 Å². The van der Waals surface area contributed by atoms with Crippen molar-refractivity contribution in [1.29, 1.82) is 0 Å². The summed E-state index contributed by atoms with van der Waals surface area (Å²) in [4.78, 5) is 39.2. The lowest BCUT2D eigenvalue weighted by Gasteiger charge is -2.24. The van der Waals surface area contributed by atoms with Crippen LogP contribution in [0.5, 0.6) is 0 Å². The van der Waals surface area contributed by atoms with Gasteiger partial charge < -0.3 is 20.5 Å². The monoisotopic (exact) mass is 432 g/mol. The molecule has 2 amide bonds. The number of hydrogen-bond acceptors (Lipinski definition) is 5. The van der Waals surface area contributed by atoms with Crippen molar-refractivity contribution in [1.82, 2.24) is 5.32 Å². The highest BCUT2D eigenvalue weighted by atomic mass is 32.1. The Hall–Kier alpha value is -1.93. The number of rotatable bonds is 5. The summed E-state index contributed by atoms with van der Waals surface area (Å²) in [6.07, 6.45) is 8.97. The van der Waals surface area contributed by atoms with Gasteiger partial charge in [-0.3, -0.25) is 14.4 Å². The summed E-state index contributed by atoms with van der Waals surface area (Å²) in [7, 11) is 0. The summed E-state index contributed by atoms with van der Waals surface area (Å²) >= 11 is 1.47. The molecule has 0 unspecified atom stereocenters. The van der Waals surface area contributed by atoms with Crippen molar-refractivity contribution < 1.29 is 24.2 Å². The molecule has 0 radical (unpaired) electrons. The smallest absolute Gasteiger partial charge is 0.310 e. The van der Waals surface area contributed by atoms with Gasteiger partial charge in [-0.05, 0) is 50.5 Å². The first-order valence-corrected chi connectivity index (χ1v) is 12.0. The number of thiophene rings is 1. The molecule has 8 heteroatoms. The zero-order valence-corrected chi connectivity index (χ0v) is 17.8. The van der Waals surface area contributed by atoms with Crippen LogP contribution >= 0.6 is 11.3 Å². The Morgan fingerprint density at radius 2 is 1.67 bits per heavy atom. The van der Waals surface area contributed by atoms with E-state index >= 15 is 0 Å². The summed E-state index contributed by atoms with van der Waals surface area (Å²) in [5.41, 5.74) is 1.66. The van der Waals surface area contributed by atoms with Crippen molar-refractivity contribution in [2.24, 2.45) is 11.8 Å². The van der Waals surface area contributed by atoms with E-state index < -0.39 is 17.8 Å². The van der Waals surface area contributed by atoms with E-state index in [2.05, 4.69) is 10.6 Å². The van der Waals surface area contributed by atoms with Gasteiger partial charge in [-0.25, -0.2) is 0 Å². The number of aryl methyl sites for hydroxylation is 1. The van der Waals surface area contributed by atoms with Crippen LogP contribution in [0.3, 0.4) is 0 Å². The molecule has 3 fully saturated rings. The van der Waals surface area contributed by atoms with Gasteiger partial charge in [0.25, 0.3) is 5.91 Å². The average Bonchev–Trinajstić information content (AvgIpc) is 3.48. The largest absolute Gasteiger partial charge is 0.481 e. The van der Waals surface area contributed by atoms with Gasteiger partial charge in [-0.1, -0.05) is 19.3 Å². The van der Waals surface area contributed by atoms with Crippen molar-refractivity contribution in [3.05, 3.63) is 16.0 Å². The van der Waals surface area contributed by atoms with Crippen LogP contribution in [0.2, 0.25) is 0 Å². The van der Waals surface area contributed by atoms with E-state index in [0.717, 1.165) is 55.4 Å². The number of carboxylic acid groups (broad SMARTS) is 1. The van der Waals surface area contributed by atoms with Gasteiger partial charge in [-0.2, -0.15) is 0 Å².